The lowest BCUT2D eigenvalue weighted by atomic mass is 10.2. The number of nitro groups is 1. The monoisotopic (exact) mass is 322 g/mol. The maximum absolute atomic E-state index is 12.2. The second kappa shape index (κ2) is 6.02. The Morgan fingerprint density at radius 1 is 1.18 bits per heavy atom. The summed E-state index contributed by atoms with van der Waals surface area (Å²) in [5.41, 5.74) is 0.750. The van der Waals surface area contributed by atoms with Gasteiger partial charge in [-0.25, -0.2) is 8.42 Å². The molecule has 0 amide bonds. The van der Waals surface area contributed by atoms with E-state index < -0.39 is 26.4 Å². The fourth-order valence-electron chi connectivity index (χ4n) is 1.84. The van der Waals surface area contributed by atoms with Crippen molar-refractivity contribution in [3.05, 3.63) is 58.1 Å². The summed E-state index contributed by atoms with van der Waals surface area (Å²) in [4.78, 5) is 9.62. The van der Waals surface area contributed by atoms with Crippen LogP contribution in [0.2, 0.25) is 0 Å². The number of hydrogen-bond donors (Lipinski definition) is 2. The molecular formula is C14H14N2O5S. The topological polar surface area (TPSA) is 110 Å². The second-order valence-electron chi connectivity index (χ2n) is 4.56. The van der Waals surface area contributed by atoms with Crippen molar-refractivity contribution >= 4 is 21.4 Å². The maximum atomic E-state index is 12.2. The van der Waals surface area contributed by atoms with E-state index in [9.17, 15) is 23.6 Å². The van der Waals surface area contributed by atoms with Gasteiger partial charge >= 0.3 is 5.69 Å². The molecule has 2 aromatic carbocycles. The average Bonchev–Trinajstić information content (AvgIpc) is 2.47. The van der Waals surface area contributed by atoms with E-state index in [2.05, 4.69) is 4.72 Å². The minimum absolute atomic E-state index is 0.295. The number of phenolic OH excluding ortho intramolecular Hbond substituents is 1. The van der Waals surface area contributed by atoms with Crippen LogP contribution in [0.25, 0.3) is 0 Å². The van der Waals surface area contributed by atoms with Gasteiger partial charge in [-0.3, -0.25) is 14.8 Å². The molecule has 0 saturated carbocycles. The van der Waals surface area contributed by atoms with E-state index in [0.29, 0.717) is 5.69 Å². The Morgan fingerprint density at radius 3 is 2.36 bits per heavy atom. The van der Waals surface area contributed by atoms with Crippen molar-refractivity contribution in [1.82, 2.24) is 0 Å². The molecule has 0 heterocycles. The van der Waals surface area contributed by atoms with Crippen molar-refractivity contribution in [3.63, 3.8) is 0 Å². The zero-order chi connectivity index (χ0) is 16.3. The Kier molecular flexibility index (Phi) is 4.32. The highest BCUT2D eigenvalue weighted by molar-refractivity contribution is 7.92. The smallest absolute Gasteiger partial charge is 0.312 e. The van der Waals surface area contributed by atoms with Crippen LogP contribution in [-0.2, 0) is 16.4 Å². The normalized spacial score (nSPS) is 11.1. The minimum Gasteiger partial charge on any atom is -0.502 e. The lowest BCUT2D eigenvalue weighted by molar-refractivity contribution is -0.386. The highest BCUT2D eigenvalue weighted by Gasteiger charge is 2.21. The van der Waals surface area contributed by atoms with Gasteiger partial charge in [-0.2, -0.15) is 0 Å². The number of nitrogens with zero attached hydrogens (tertiary/aromatic N) is 1. The number of aryl methyl sites for hydroxylation is 1. The van der Waals surface area contributed by atoms with E-state index in [1.165, 1.54) is 0 Å². The molecule has 0 radical (unpaired) electrons. The van der Waals surface area contributed by atoms with Crippen LogP contribution in [0.15, 0.2) is 47.4 Å². The Morgan fingerprint density at radius 2 is 1.82 bits per heavy atom. The van der Waals surface area contributed by atoms with Crippen LogP contribution >= 0.6 is 0 Å². The van der Waals surface area contributed by atoms with Gasteiger partial charge in [-0.15, -0.1) is 0 Å². The third-order valence-electron chi connectivity index (χ3n) is 3.07. The summed E-state index contributed by atoms with van der Waals surface area (Å²) in [6, 6.07) is 9.71. The molecule has 2 aromatic rings. The van der Waals surface area contributed by atoms with Gasteiger partial charge in [0.05, 0.1) is 9.82 Å². The van der Waals surface area contributed by atoms with E-state index in [0.717, 1.165) is 30.2 Å². The van der Waals surface area contributed by atoms with Gasteiger partial charge in [0, 0.05) is 11.8 Å². The predicted octanol–water partition coefficient (Wildman–Crippen LogP) is 2.66. The summed E-state index contributed by atoms with van der Waals surface area (Å²) in [5.74, 6) is -0.587. The SMILES string of the molecule is CCc1ccc(NS(=O)(=O)c2ccc(O)c([N+](=O)[O-])c2)cc1. The highest BCUT2D eigenvalue weighted by Crippen LogP contribution is 2.29. The molecule has 0 saturated heterocycles. The average molecular weight is 322 g/mol. The standard InChI is InChI=1S/C14H14N2O5S/c1-2-10-3-5-11(6-4-10)15-22(20,21)12-7-8-14(17)13(9-12)16(18)19/h3-9,15,17H,2H2,1H3. The van der Waals surface area contributed by atoms with Gasteiger partial charge in [0.25, 0.3) is 10.0 Å². The van der Waals surface area contributed by atoms with Crippen LogP contribution in [0.3, 0.4) is 0 Å². The molecule has 0 spiro atoms. The van der Waals surface area contributed by atoms with Gasteiger partial charge in [-0.1, -0.05) is 19.1 Å². The largest absolute Gasteiger partial charge is 0.502 e. The molecule has 0 aliphatic heterocycles. The first-order valence-electron chi connectivity index (χ1n) is 6.42. The minimum atomic E-state index is -3.97. The van der Waals surface area contributed by atoms with E-state index in [1.807, 2.05) is 6.92 Å². The summed E-state index contributed by atoms with van der Waals surface area (Å²) in [6.45, 7) is 1.98. The first kappa shape index (κ1) is 15.8. The molecule has 8 heteroatoms. The lowest BCUT2D eigenvalue weighted by Crippen LogP contribution is -2.13. The van der Waals surface area contributed by atoms with Crippen LogP contribution < -0.4 is 4.72 Å². The van der Waals surface area contributed by atoms with E-state index in [4.69, 9.17) is 0 Å². The number of sulfonamides is 1. The van der Waals surface area contributed by atoms with Crippen molar-refractivity contribution in [3.8, 4) is 5.75 Å². The van der Waals surface area contributed by atoms with E-state index in [-0.39, 0.29) is 4.90 Å². The van der Waals surface area contributed by atoms with Crippen LogP contribution in [0, 0.1) is 10.1 Å². The highest BCUT2D eigenvalue weighted by atomic mass is 32.2. The van der Waals surface area contributed by atoms with Crippen molar-refractivity contribution in [2.24, 2.45) is 0 Å². The van der Waals surface area contributed by atoms with Gasteiger partial charge in [0.2, 0.25) is 0 Å². The maximum Gasteiger partial charge on any atom is 0.312 e. The van der Waals surface area contributed by atoms with Crippen molar-refractivity contribution in [2.45, 2.75) is 18.2 Å². The van der Waals surface area contributed by atoms with Gasteiger partial charge in [0.15, 0.2) is 5.75 Å². The molecule has 0 bridgehead atoms. The molecule has 0 fully saturated rings. The second-order valence-corrected chi connectivity index (χ2v) is 6.25. The molecular weight excluding hydrogens is 308 g/mol. The molecule has 0 aliphatic carbocycles. The third-order valence-corrected chi connectivity index (χ3v) is 4.45. The molecule has 0 unspecified atom stereocenters. The van der Waals surface area contributed by atoms with Crippen molar-refractivity contribution < 1.29 is 18.4 Å². The fraction of sp³-hybridized carbons (Fsp3) is 0.143. The van der Waals surface area contributed by atoms with Crippen LogP contribution in [-0.4, -0.2) is 18.4 Å². The molecule has 22 heavy (non-hydrogen) atoms. The van der Waals surface area contributed by atoms with Crippen LogP contribution in [0.1, 0.15) is 12.5 Å². The lowest BCUT2D eigenvalue weighted by Gasteiger charge is -2.09. The zero-order valence-electron chi connectivity index (χ0n) is 11.7. The quantitative estimate of drug-likeness (QED) is 0.649. The number of rotatable bonds is 5. The summed E-state index contributed by atoms with van der Waals surface area (Å²) < 4.78 is 26.8. The summed E-state index contributed by atoms with van der Waals surface area (Å²) >= 11 is 0. The number of benzene rings is 2. The summed E-state index contributed by atoms with van der Waals surface area (Å²) in [6.07, 6.45) is 0.831. The molecule has 0 atom stereocenters. The molecule has 2 rings (SSSR count). The number of hydrogen-bond acceptors (Lipinski definition) is 5. The van der Waals surface area contributed by atoms with Gasteiger partial charge in [0.1, 0.15) is 0 Å². The van der Waals surface area contributed by atoms with Crippen molar-refractivity contribution in [1.29, 1.82) is 0 Å². The van der Waals surface area contributed by atoms with Crippen LogP contribution in [0.4, 0.5) is 11.4 Å². The molecule has 0 aromatic heterocycles. The summed E-state index contributed by atoms with van der Waals surface area (Å²) in [7, 11) is -3.97. The zero-order valence-corrected chi connectivity index (χ0v) is 12.5. The Bertz CT molecular complexity index is 800. The first-order chi connectivity index (χ1) is 10.3. The van der Waals surface area contributed by atoms with Crippen LogP contribution in [0.5, 0.6) is 5.75 Å². The fourth-order valence-corrected chi connectivity index (χ4v) is 2.92. The molecule has 116 valence electrons. The Hall–Kier alpha value is -2.61. The number of phenols is 1. The number of nitro benzene ring substituents is 1. The number of anilines is 1. The Labute approximate surface area is 127 Å². The molecule has 7 nitrogen and oxygen atoms in total. The Balaban J connectivity index is 2.33. The van der Waals surface area contributed by atoms with E-state index in [1.54, 1.807) is 24.3 Å². The van der Waals surface area contributed by atoms with E-state index >= 15 is 0 Å². The number of nitrogens with one attached hydrogen (secondary N) is 1. The molecule has 0 aliphatic rings. The van der Waals surface area contributed by atoms with Gasteiger partial charge < -0.3 is 5.11 Å². The number of aromatic hydroxyl groups is 1. The van der Waals surface area contributed by atoms with Gasteiger partial charge in [-0.05, 0) is 36.2 Å². The molecule has 2 N–H and O–H groups in total. The first-order valence-corrected chi connectivity index (χ1v) is 7.91. The third kappa shape index (κ3) is 3.34. The summed E-state index contributed by atoms with van der Waals surface area (Å²) in [5, 5.41) is 20.1. The predicted molar refractivity (Wildman–Crippen MR) is 81.4 cm³/mol. The van der Waals surface area contributed by atoms with Crippen molar-refractivity contribution in [2.75, 3.05) is 4.72 Å².